The van der Waals surface area contributed by atoms with E-state index in [1.54, 1.807) is 12.1 Å². The van der Waals surface area contributed by atoms with Gasteiger partial charge >= 0.3 is 7.12 Å². The van der Waals surface area contributed by atoms with Crippen LogP contribution in [-0.4, -0.2) is 22.9 Å². The normalized spacial score (nSPS) is 20.0. The Morgan fingerprint density at radius 3 is 2.39 bits per heavy atom. The van der Waals surface area contributed by atoms with Crippen LogP contribution in [0.4, 0.5) is 0 Å². The summed E-state index contributed by atoms with van der Waals surface area (Å²) in [6, 6.07) is 17.3. The molecule has 4 nitrogen and oxygen atoms in total. The summed E-state index contributed by atoms with van der Waals surface area (Å²) < 4.78 is 0. The van der Waals surface area contributed by atoms with Crippen LogP contribution in [0.1, 0.15) is 37.3 Å². The van der Waals surface area contributed by atoms with Gasteiger partial charge in [-0.05, 0) is 23.0 Å². The van der Waals surface area contributed by atoms with Crippen molar-refractivity contribution in [2.75, 3.05) is 0 Å². The largest absolute Gasteiger partial charge is 0.488 e. The van der Waals surface area contributed by atoms with Gasteiger partial charge in [0.15, 0.2) is 5.60 Å². The summed E-state index contributed by atoms with van der Waals surface area (Å²) in [6.45, 7) is 2.14. The van der Waals surface area contributed by atoms with Gasteiger partial charge in [0, 0.05) is 6.42 Å². The molecular formula is C18H20BNO3. The fourth-order valence-corrected chi connectivity index (χ4v) is 3.06. The highest BCUT2D eigenvalue weighted by Crippen LogP contribution is 2.40. The van der Waals surface area contributed by atoms with Gasteiger partial charge in [-0.2, -0.15) is 0 Å². The quantitative estimate of drug-likeness (QED) is 0.832. The third-order valence-corrected chi connectivity index (χ3v) is 4.28. The average molecular weight is 309 g/mol. The summed E-state index contributed by atoms with van der Waals surface area (Å²) in [4.78, 5) is 5.90. The lowest BCUT2D eigenvalue weighted by Gasteiger charge is -2.26. The molecule has 5 heteroatoms. The van der Waals surface area contributed by atoms with Crippen LogP contribution < -0.4 is 5.46 Å². The van der Waals surface area contributed by atoms with E-state index in [1.165, 1.54) is 0 Å². The molecule has 23 heavy (non-hydrogen) atoms. The maximum Gasteiger partial charge on any atom is 0.488 e. The van der Waals surface area contributed by atoms with Crippen molar-refractivity contribution in [2.45, 2.75) is 31.8 Å². The number of oxime groups is 1. The summed E-state index contributed by atoms with van der Waals surface area (Å²) in [5, 5.41) is 22.7. The van der Waals surface area contributed by atoms with Crippen molar-refractivity contribution in [3.63, 3.8) is 0 Å². The Labute approximate surface area is 136 Å². The molecule has 0 bridgehead atoms. The van der Waals surface area contributed by atoms with Crippen LogP contribution in [0, 0.1) is 0 Å². The second-order valence-corrected chi connectivity index (χ2v) is 5.91. The Balaban J connectivity index is 1.84. The molecule has 0 fully saturated rings. The SMILES string of the molecule is CCCC1(c2ccccc2)CC(c2ccc(B(O)O)cc2)=NO1. The molecule has 0 amide bonds. The lowest BCUT2D eigenvalue weighted by molar-refractivity contribution is -0.0305. The van der Waals surface area contributed by atoms with E-state index in [2.05, 4.69) is 24.2 Å². The van der Waals surface area contributed by atoms with E-state index in [0.29, 0.717) is 11.9 Å². The van der Waals surface area contributed by atoms with Crippen molar-refractivity contribution in [1.29, 1.82) is 0 Å². The molecule has 1 heterocycles. The maximum absolute atomic E-state index is 9.18. The summed E-state index contributed by atoms with van der Waals surface area (Å²) in [5.74, 6) is 0. The minimum atomic E-state index is -1.45. The molecule has 2 N–H and O–H groups in total. The highest BCUT2D eigenvalue weighted by molar-refractivity contribution is 6.58. The third kappa shape index (κ3) is 3.16. The Hall–Kier alpha value is -2.11. The topological polar surface area (TPSA) is 62.0 Å². The minimum Gasteiger partial charge on any atom is -0.423 e. The second kappa shape index (κ2) is 6.56. The summed E-state index contributed by atoms with van der Waals surface area (Å²) in [7, 11) is -1.45. The summed E-state index contributed by atoms with van der Waals surface area (Å²) in [5.41, 5.74) is 3.05. The molecule has 0 aliphatic carbocycles. The summed E-state index contributed by atoms with van der Waals surface area (Å²) >= 11 is 0. The van der Waals surface area contributed by atoms with Crippen LogP contribution in [0.3, 0.4) is 0 Å². The lowest BCUT2D eigenvalue weighted by Crippen LogP contribution is -2.29. The predicted molar refractivity (Wildman–Crippen MR) is 91.5 cm³/mol. The maximum atomic E-state index is 9.18. The zero-order valence-corrected chi connectivity index (χ0v) is 13.1. The van der Waals surface area contributed by atoms with Crippen molar-refractivity contribution in [3.05, 3.63) is 65.7 Å². The molecule has 1 unspecified atom stereocenters. The Bertz CT molecular complexity index is 685. The molecule has 0 saturated heterocycles. The molecule has 1 aliphatic rings. The van der Waals surface area contributed by atoms with Crippen LogP contribution in [-0.2, 0) is 10.4 Å². The molecule has 0 spiro atoms. The number of hydrogen-bond acceptors (Lipinski definition) is 4. The molecule has 0 aromatic heterocycles. The monoisotopic (exact) mass is 309 g/mol. The zero-order valence-electron chi connectivity index (χ0n) is 13.1. The van der Waals surface area contributed by atoms with Gasteiger partial charge in [-0.15, -0.1) is 0 Å². The van der Waals surface area contributed by atoms with Crippen molar-refractivity contribution in [1.82, 2.24) is 0 Å². The standard InChI is InChI=1S/C18H20BNO3/c1-2-12-18(15-6-4-3-5-7-15)13-17(20-23-18)14-8-10-16(11-9-14)19(21)22/h3-11,21-22H,2,12-13H2,1H3. The van der Waals surface area contributed by atoms with Crippen LogP contribution in [0.2, 0.25) is 0 Å². The van der Waals surface area contributed by atoms with Gasteiger partial charge in [-0.1, -0.05) is 73.1 Å². The van der Waals surface area contributed by atoms with E-state index in [-0.39, 0.29) is 0 Å². The molecular weight excluding hydrogens is 289 g/mol. The first kappa shape index (κ1) is 15.8. The predicted octanol–water partition coefficient (Wildman–Crippen LogP) is 2.19. The molecule has 3 rings (SSSR count). The molecule has 1 aliphatic heterocycles. The zero-order chi connectivity index (χ0) is 16.3. The number of benzene rings is 2. The number of rotatable bonds is 5. The van der Waals surface area contributed by atoms with E-state index >= 15 is 0 Å². The molecule has 118 valence electrons. The Morgan fingerprint density at radius 1 is 1.09 bits per heavy atom. The Kier molecular flexibility index (Phi) is 4.50. The average Bonchev–Trinajstić information content (AvgIpc) is 3.02. The van der Waals surface area contributed by atoms with Gasteiger partial charge in [0.05, 0.1) is 5.71 Å². The van der Waals surface area contributed by atoms with E-state index in [1.807, 2.05) is 30.3 Å². The van der Waals surface area contributed by atoms with Crippen molar-refractivity contribution >= 4 is 18.3 Å². The van der Waals surface area contributed by atoms with Crippen molar-refractivity contribution in [3.8, 4) is 0 Å². The minimum absolute atomic E-state index is 0.402. The fraction of sp³-hybridized carbons (Fsp3) is 0.278. The van der Waals surface area contributed by atoms with Crippen molar-refractivity contribution < 1.29 is 14.9 Å². The highest BCUT2D eigenvalue weighted by atomic mass is 16.7. The first-order valence-corrected chi connectivity index (χ1v) is 7.92. The lowest BCUT2D eigenvalue weighted by atomic mass is 9.79. The fourth-order valence-electron chi connectivity index (χ4n) is 3.06. The molecule has 0 radical (unpaired) electrons. The first-order chi connectivity index (χ1) is 11.1. The molecule has 1 atom stereocenters. The van der Waals surface area contributed by atoms with E-state index in [9.17, 15) is 10.0 Å². The van der Waals surface area contributed by atoms with E-state index < -0.39 is 12.7 Å². The third-order valence-electron chi connectivity index (χ3n) is 4.28. The van der Waals surface area contributed by atoms with Gasteiger partial charge in [-0.25, -0.2) is 0 Å². The van der Waals surface area contributed by atoms with Gasteiger partial charge in [-0.3, -0.25) is 0 Å². The van der Waals surface area contributed by atoms with Crippen LogP contribution in [0.15, 0.2) is 59.8 Å². The molecule has 0 saturated carbocycles. The number of hydrogen-bond donors (Lipinski definition) is 2. The van der Waals surface area contributed by atoms with Crippen molar-refractivity contribution in [2.24, 2.45) is 5.16 Å². The molecule has 2 aromatic carbocycles. The highest BCUT2D eigenvalue weighted by Gasteiger charge is 2.40. The first-order valence-electron chi connectivity index (χ1n) is 7.92. The van der Waals surface area contributed by atoms with Gasteiger partial charge < -0.3 is 14.9 Å². The van der Waals surface area contributed by atoms with Gasteiger partial charge in [0.1, 0.15) is 0 Å². The number of nitrogens with zero attached hydrogens (tertiary/aromatic N) is 1. The Morgan fingerprint density at radius 2 is 1.78 bits per heavy atom. The molecule has 2 aromatic rings. The van der Waals surface area contributed by atoms with Crippen LogP contribution >= 0.6 is 0 Å². The van der Waals surface area contributed by atoms with Gasteiger partial charge in [0.25, 0.3) is 0 Å². The van der Waals surface area contributed by atoms with Crippen LogP contribution in [0.5, 0.6) is 0 Å². The second-order valence-electron chi connectivity index (χ2n) is 5.91. The smallest absolute Gasteiger partial charge is 0.423 e. The van der Waals surface area contributed by atoms with Gasteiger partial charge in [0.2, 0.25) is 0 Å². The van der Waals surface area contributed by atoms with E-state index in [4.69, 9.17) is 4.84 Å². The van der Waals surface area contributed by atoms with Crippen LogP contribution in [0.25, 0.3) is 0 Å². The summed E-state index contributed by atoms with van der Waals surface area (Å²) in [6.07, 6.45) is 2.62. The van der Waals surface area contributed by atoms with E-state index in [0.717, 1.165) is 29.7 Å².